The third-order valence-electron chi connectivity index (χ3n) is 2.88. The maximum absolute atomic E-state index is 5.90. The molecular formula is C16H17NOS. The minimum Gasteiger partial charge on any atom is -0.486 e. The van der Waals surface area contributed by atoms with Crippen molar-refractivity contribution in [3.8, 4) is 5.75 Å². The van der Waals surface area contributed by atoms with E-state index in [0.29, 0.717) is 11.4 Å². The Labute approximate surface area is 119 Å². The summed E-state index contributed by atoms with van der Waals surface area (Å²) in [5.74, 6) is 0.850. The standard InChI is InChI=1S/C16H17NOS/c1-12(14-5-3-2-4-6-14)18-15-9-7-13(8-10-15)11-16(17)19/h2-10,12H,11H2,1H3,(H2,17,19). The number of nitrogens with two attached hydrogens (primary N) is 1. The molecule has 0 aliphatic heterocycles. The van der Waals surface area contributed by atoms with Crippen LogP contribution in [0.3, 0.4) is 0 Å². The van der Waals surface area contributed by atoms with Crippen LogP contribution in [0.25, 0.3) is 0 Å². The van der Waals surface area contributed by atoms with Gasteiger partial charge < -0.3 is 10.5 Å². The molecular weight excluding hydrogens is 254 g/mol. The van der Waals surface area contributed by atoms with Crippen molar-refractivity contribution in [2.45, 2.75) is 19.4 Å². The Morgan fingerprint density at radius 3 is 2.32 bits per heavy atom. The lowest BCUT2D eigenvalue weighted by Crippen LogP contribution is -2.10. The number of hydrogen-bond donors (Lipinski definition) is 1. The van der Waals surface area contributed by atoms with E-state index >= 15 is 0 Å². The first-order chi connectivity index (χ1) is 9.15. The summed E-state index contributed by atoms with van der Waals surface area (Å²) < 4.78 is 5.90. The summed E-state index contributed by atoms with van der Waals surface area (Å²) >= 11 is 4.89. The Morgan fingerprint density at radius 2 is 1.74 bits per heavy atom. The van der Waals surface area contributed by atoms with E-state index in [-0.39, 0.29) is 6.10 Å². The Kier molecular flexibility index (Phi) is 4.53. The normalized spacial score (nSPS) is 11.8. The van der Waals surface area contributed by atoms with Crippen molar-refractivity contribution in [3.05, 3.63) is 65.7 Å². The third-order valence-corrected chi connectivity index (χ3v) is 3.03. The van der Waals surface area contributed by atoms with Crippen molar-refractivity contribution in [3.63, 3.8) is 0 Å². The minimum absolute atomic E-state index is 0.0302. The summed E-state index contributed by atoms with van der Waals surface area (Å²) in [6.45, 7) is 2.04. The summed E-state index contributed by atoms with van der Waals surface area (Å²) in [4.78, 5) is 0.506. The molecule has 0 radical (unpaired) electrons. The molecule has 3 heteroatoms. The summed E-state index contributed by atoms with van der Waals surface area (Å²) in [6, 6.07) is 18.0. The van der Waals surface area contributed by atoms with Gasteiger partial charge in [0.2, 0.25) is 0 Å². The highest BCUT2D eigenvalue weighted by molar-refractivity contribution is 7.80. The molecule has 0 saturated heterocycles. The van der Waals surface area contributed by atoms with Gasteiger partial charge in [-0.25, -0.2) is 0 Å². The van der Waals surface area contributed by atoms with Gasteiger partial charge in [0, 0.05) is 6.42 Å². The van der Waals surface area contributed by atoms with Crippen molar-refractivity contribution in [2.75, 3.05) is 0 Å². The minimum atomic E-state index is 0.0302. The molecule has 1 atom stereocenters. The zero-order valence-corrected chi connectivity index (χ0v) is 11.7. The van der Waals surface area contributed by atoms with Crippen LogP contribution in [0.2, 0.25) is 0 Å². The molecule has 0 bridgehead atoms. The fraction of sp³-hybridized carbons (Fsp3) is 0.188. The van der Waals surface area contributed by atoms with Crippen LogP contribution in [-0.4, -0.2) is 4.99 Å². The highest BCUT2D eigenvalue weighted by Crippen LogP contribution is 2.21. The average Bonchev–Trinajstić information content (AvgIpc) is 2.41. The second-order valence-corrected chi connectivity index (χ2v) is 4.98. The van der Waals surface area contributed by atoms with E-state index in [1.54, 1.807) is 0 Å². The van der Waals surface area contributed by atoms with Crippen molar-refractivity contribution in [1.29, 1.82) is 0 Å². The molecule has 98 valence electrons. The summed E-state index contributed by atoms with van der Waals surface area (Å²) in [5, 5.41) is 0. The Balaban J connectivity index is 2.01. The number of benzene rings is 2. The van der Waals surface area contributed by atoms with E-state index in [2.05, 4.69) is 12.1 Å². The Morgan fingerprint density at radius 1 is 1.11 bits per heavy atom. The van der Waals surface area contributed by atoms with Gasteiger partial charge in [-0.15, -0.1) is 0 Å². The highest BCUT2D eigenvalue weighted by atomic mass is 32.1. The predicted octanol–water partition coefficient (Wildman–Crippen LogP) is 3.66. The molecule has 0 amide bonds. The molecule has 2 aromatic carbocycles. The molecule has 0 spiro atoms. The molecule has 0 aliphatic carbocycles. The number of rotatable bonds is 5. The zero-order chi connectivity index (χ0) is 13.7. The molecule has 0 aromatic heterocycles. The maximum Gasteiger partial charge on any atom is 0.121 e. The third kappa shape index (κ3) is 4.07. The van der Waals surface area contributed by atoms with Crippen LogP contribution < -0.4 is 10.5 Å². The summed E-state index contributed by atoms with van der Waals surface area (Å²) in [7, 11) is 0. The first kappa shape index (κ1) is 13.6. The lowest BCUT2D eigenvalue weighted by molar-refractivity contribution is 0.227. The van der Waals surface area contributed by atoms with Gasteiger partial charge in [-0.3, -0.25) is 0 Å². The van der Waals surface area contributed by atoms with E-state index in [9.17, 15) is 0 Å². The van der Waals surface area contributed by atoms with Gasteiger partial charge in [-0.1, -0.05) is 54.7 Å². The van der Waals surface area contributed by atoms with Crippen molar-refractivity contribution >= 4 is 17.2 Å². The van der Waals surface area contributed by atoms with Gasteiger partial charge in [-0.05, 0) is 30.2 Å². The second-order valence-electron chi connectivity index (χ2n) is 4.46. The van der Waals surface area contributed by atoms with E-state index in [1.165, 1.54) is 0 Å². The van der Waals surface area contributed by atoms with E-state index < -0.39 is 0 Å². The number of thiocarbonyl (C=S) groups is 1. The fourth-order valence-corrected chi connectivity index (χ4v) is 2.05. The molecule has 0 fully saturated rings. The highest BCUT2D eigenvalue weighted by Gasteiger charge is 2.06. The van der Waals surface area contributed by atoms with Crippen LogP contribution in [0.1, 0.15) is 24.2 Å². The maximum atomic E-state index is 5.90. The molecule has 1 unspecified atom stereocenters. The molecule has 2 rings (SSSR count). The summed E-state index contributed by atoms with van der Waals surface area (Å²) in [6.07, 6.45) is 0.659. The molecule has 0 heterocycles. The van der Waals surface area contributed by atoms with Crippen LogP contribution >= 0.6 is 12.2 Å². The van der Waals surface area contributed by atoms with Crippen LogP contribution in [0.4, 0.5) is 0 Å². The van der Waals surface area contributed by atoms with Crippen LogP contribution in [0, 0.1) is 0 Å². The van der Waals surface area contributed by atoms with Gasteiger partial charge in [-0.2, -0.15) is 0 Å². The molecule has 2 N–H and O–H groups in total. The smallest absolute Gasteiger partial charge is 0.121 e. The lowest BCUT2D eigenvalue weighted by Gasteiger charge is -2.15. The monoisotopic (exact) mass is 271 g/mol. The fourth-order valence-electron chi connectivity index (χ4n) is 1.88. The van der Waals surface area contributed by atoms with Crippen molar-refractivity contribution < 1.29 is 4.74 Å². The SMILES string of the molecule is CC(Oc1ccc(CC(N)=S)cc1)c1ccccc1. The second kappa shape index (κ2) is 6.34. The van der Waals surface area contributed by atoms with E-state index in [1.807, 2.05) is 49.4 Å². The molecule has 0 aliphatic rings. The van der Waals surface area contributed by atoms with Crippen LogP contribution in [0.15, 0.2) is 54.6 Å². The molecule has 2 aromatic rings. The van der Waals surface area contributed by atoms with Crippen molar-refractivity contribution in [1.82, 2.24) is 0 Å². The van der Waals surface area contributed by atoms with Gasteiger partial charge in [0.15, 0.2) is 0 Å². The zero-order valence-electron chi connectivity index (χ0n) is 10.9. The molecule has 19 heavy (non-hydrogen) atoms. The largest absolute Gasteiger partial charge is 0.486 e. The number of hydrogen-bond acceptors (Lipinski definition) is 2. The first-order valence-corrected chi connectivity index (χ1v) is 6.65. The number of ether oxygens (including phenoxy) is 1. The van der Waals surface area contributed by atoms with Gasteiger partial charge in [0.25, 0.3) is 0 Å². The lowest BCUT2D eigenvalue weighted by atomic mass is 10.1. The quantitative estimate of drug-likeness (QED) is 0.843. The van der Waals surface area contributed by atoms with Gasteiger partial charge in [0.05, 0.1) is 4.99 Å². The summed E-state index contributed by atoms with van der Waals surface area (Å²) in [5.41, 5.74) is 7.79. The Bertz CT molecular complexity index is 536. The van der Waals surface area contributed by atoms with Crippen LogP contribution in [-0.2, 0) is 6.42 Å². The average molecular weight is 271 g/mol. The van der Waals surface area contributed by atoms with Crippen molar-refractivity contribution in [2.24, 2.45) is 5.73 Å². The molecule has 0 saturated carbocycles. The van der Waals surface area contributed by atoms with Gasteiger partial charge in [0.1, 0.15) is 11.9 Å². The topological polar surface area (TPSA) is 35.2 Å². The predicted molar refractivity (Wildman–Crippen MR) is 82.4 cm³/mol. The van der Waals surface area contributed by atoms with Crippen LogP contribution in [0.5, 0.6) is 5.75 Å². The molecule has 2 nitrogen and oxygen atoms in total. The Hall–Kier alpha value is -1.87. The van der Waals surface area contributed by atoms with E-state index in [4.69, 9.17) is 22.7 Å². The first-order valence-electron chi connectivity index (χ1n) is 6.24. The van der Waals surface area contributed by atoms with E-state index in [0.717, 1.165) is 16.9 Å². The van der Waals surface area contributed by atoms with Gasteiger partial charge >= 0.3 is 0 Å².